The molecule has 0 bridgehead atoms. The number of hydrogen-bond acceptors (Lipinski definition) is 4. The highest BCUT2D eigenvalue weighted by Gasteiger charge is 2.12. The van der Waals surface area contributed by atoms with Crippen molar-refractivity contribution in [3.05, 3.63) is 89.3 Å². The van der Waals surface area contributed by atoms with Crippen LogP contribution in [0.3, 0.4) is 0 Å². The monoisotopic (exact) mass is 405 g/mol. The Morgan fingerprint density at radius 1 is 1.07 bits per heavy atom. The van der Waals surface area contributed by atoms with Crippen molar-refractivity contribution in [3.63, 3.8) is 0 Å². The van der Waals surface area contributed by atoms with Gasteiger partial charge >= 0.3 is 5.97 Å². The number of carboxylic acids is 1. The van der Waals surface area contributed by atoms with Crippen molar-refractivity contribution >= 4 is 17.8 Å². The molecule has 2 aromatic carbocycles. The van der Waals surface area contributed by atoms with Crippen LogP contribution in [0.1, 0.15) is 27.2 Å². The average molecular weight is 405 g/mol. The van der Waals surface area contributed by atoms with E-state index in [1.165, 1.54) is 7.11 Å². The summed E-state index contributed by atoms with van der Waals surface area (Å²) in [5, 5.41) is 8.78. The molecule has 6 heteroatoms. The zero-order valence-electron chi connectivity index (χ0n) is 16.9. The lowest BCUT2D eigenvalue weighted by Gasteiger charge is -2.08. The molecule has 0 aliphatic carbocycles. The topological polar surface area (TPSA) is 77.8 Å². The van der Waals surface area contributed by atoms with Gasteiger partial charge in [-0.3, -0.25) is 4.79 Å². The Hall–Kier alpha value is -3.80. The number of aliphatic carboxylic acids is 1. The number of aryl methyl sites for hydroxylation is 1. The summed E-state index contributed by atoms with van der Waals surface area (Å²) >= 11 is 0. The van der Waals surface area contributed by atoms with Gasteiger partial charge in [0.15, 0.2) is 6.61 Å². The summed E-state index contributed by atoms with van der Waals surface area (Å²) in [5.74, 6) is -0.103. The van der Waals surface area contributed by atoms with Crippen LogP contribution in [0.2, 0.25) is 0 Å². The predicted molar refractivity (Wildman–Crippen MR) is 114 cm³/mol. The van der Waals surface area contributed by atoms with E-state index in [2.05, 4.69) is 0 Å². The van der Waals surface area contributed by atoms with Crippen LogP contribution in [0.25, 0.3) is 6.08 Å². The van der Waals surface area contributed by atoms with Crippen molar-refractivity contribution < 1.29 is 24.2 Å². The van der Waals surface area contributed by atoms with E-state index in [1.54, 1.807) is 18.2 Å². The molecule has 0 atom stereocenters. The molecule has 0 aliphatic heterocycles. The lowest BCUT2D eigenvalue weighted by atomic mass is 10.1. The number of aromatic nitrogens is 1. The van der Waals surface area contributed by atoms with Crippen molar-refractivity contribution in [3.8, 4) is 11.5 Å². The first-order valence-corrected chi connectivity index (χ1v) is 9.43. The molecule has 1 heterocycles. The molecule has 0 aliphatic rings. The lowest BCUT2D eigenvalue weighted by molar-refractivity contribution is -0.139. The van der Waals surface area contributed by atoms with Crippen LogP contribution in [-0.4, -0.2) is 35.1 Å². The van der Waals surface area contributed by atoms with E-state index in [-0.39, 0.29) is 5.78 Å². The normalized spacial score (nSPS) is 10.9. The minimum atomic E-state index is -1.05. The fourth-order valence-electron chi connectivity index (χ4n) is 2.97. The van der Waals surface area contributed by atoms with Crippen molar-refractivity contribution in [2.45, 2.75) is 13.5 Å². The number of benzene rings is 2. The molecule has 30 heavy (non-hydrogen) atoms. The van der Waals surface area contributed by atoms with E-state index < -0.39 is 12.6 Å². The molecule has 0 fully saturated rings. The number of ketones is 1. The SMILES string of the molecule is COc1cc(C=CCn2cccc2C(=O)c2ccc(C)cc2)cc(OCC(=O)O)c1. The molecule has 154 valence electrons. The van der Waals surface area contributed by atoms with Crippen LogP contribution in [0.4, 0.5) is 0 Å². The number of ether oxygens (including phenoxy) is 2. The summed E-state index contributed by atoms with van der Waals surface area (Å²) in [5.41, 5.74) is 3.17. The number of methoxy groups -OCH3 is 1. The molecule has 3 rings (SSSR count). The van der Waals surface area contributed by atoms with Crippen LogP contribution in [-0.2, 0) is 11.3 Å². The maximum Gasteiger partial charge on any atom is 0.341 e. The Kier molecular flexibility index (Phi) is 6.70. The molecule has 0 saturated carbocycles. The highest BCUT2D eigenvalue weighted by molar-refractivity contribution is 6.08. The molecule has 0 saturated heterocycles. The van der Waals surface area contributed by atoms with E-state index in [0.717, 1.165) is 11.1 Å². The highest BCUT2D eigenvalue weighted by Crippen LogP contribution is 2.24. The largest absolute Gasteiger partial charge is 0.497 e. The van der Waals surface area contributed by atoms with E-state index in [1.807, 2.05) is 66.2 Å². The van der Waals surface area contributed by atoms with Gasteiger partial charge in [-0.1, -0.05) is 42.0 Å². The summed E-state index contributed by atoms with van der Waals surface area (Å²) in [7, 11) is 1.53. The van der Waals surface area contributed by atoms with Gasteiger partial charge in [0.25, 0.3) is 0 Å². The molecule has 1 aromatic heterocycles. The Labute approximate surface area is 175 Å². The van der Waals surface area contributed by atoms with E-state index in [9.17, 15) is 9.59 Å². The van der Waals surface area contributed by atoms with Gasteiger partial charge in [-0.05, 0) is 36.8 Å². The third-order valence-corrected chi connectivity index (χ3v) is 4.49. The summed E-state index contributed by atoms with van der Waals surface area (Å²) in [6.07, 6.45) is 5.65. The third kappa shape index (κ3) is 5.38. The van der Waals surface area contributed by atoms with E-state index in [4.69, 9.17) is 14.6 Å². The number of carbonyl (C=O) groups is 2. The summed E-state index contributed by atoms with van der Waals surface area (Å²) in [6.45, 7) is 2.06. The molecule has 0 spiro atoms. The minimum Gasteiger partial charge on any atom is -0.497 e. The van der Waals surface area contributed by atoms with Crippen LogP contribution in [0, 0.1) is 6.92 Å². The number of carboxylic acid groups (broad SMARTS) is 1. The van der Waals surface area contributed by atoms with Gasteiger partial charge in [0, 0.05) is 24.4 Å². The number of hydrogen-bond donors (Lipinski definition) is 1. The van der Waals surface area contributed by atoms with Crippen LogP contribution in [0.15, 0.2) is 66.9 Å². The standard InChI is InChI=1S/C24H23NO5/c1-17-7-9-19(10-8-17)24(28)22-6-4-12-25(22)11-3-5-18-13-20(29-2)15-21(14-18)30-16-23(26)27/h3-10,12-15H,11,16H2,1-2H3,(H,26,27). The maximum absolute atomic E-state index is 12.8. The first kappa shape index (κ1) is 20.9. The summed E-state index contributed by atoms with van der Waals surface area (Å²) in [6, 6.07) is 16.3. The fraction of sp³-hybridized carbons (Fsp3) is 0.167. The maximum atomic E-state index is 12.8. The van der Waals surface area contributed by atoms with Crippen molar-refractivity contribution in [1.82, 2.24) is 4.57 Å². The van der Waals surface area contributed by atoms with Crippen LogP contribution >= 0.6 is 0 Å². The van der Waals surface area contributed by atoms with Gasteiger partial charge in [0.05, 0.1) is 12.8 Å². The predicted octanol–water partition coefficient (Wildman–Crippen LogP) is 4.21. The highest BCUT2D eigenvalue weighted by atomic mass is 16.5. The second-order valence-corrected chi connectivity index (χ2v) is 6.77. The van der Waals surface area contributed by atoms with Gasteiger partial charge in [-0.2, -0.15) is 0 Å². The molecule has 1 N–H and O–H groups in total. The number of nitrogens with zero attached hydrogens (tertiary/aromatic N) is 1. The fourth-order valence-corrected chi connectivity index (χ4v) is 2.97. The van der Waals surface area contributed by atoms with Crippen LogP contribution < -0.4 is 9.47 Å². The van der Waals surface area contributed by atoms with E-state index >= 15 is 0 Å². The van der Waals surface area contributed by atoms with Gasteiger partial charge in [-0.15, -0.1) is 0 Å². The van der Waals surface area contributed by atoms with Crippen molar-refractivity contribution in [2.75, 3.05) is 13.7 Å². The summed E-state index contributed by atoms with van der Waals surface area (Å²) < 4.78 is 12.4. The van der Waals surface area contributed by atoms with E-state index in [0.29, 0.717) is 29.3 Å². The molecule has 3 aromatic rings. The third-order valence-electron chi connectivity index (χ3n) is 4.49. The minimum absolute atomic E-state index is 0.0286. The zero-order valence-corrected chi connectivity index (χ0v) is 16.9. The first-order chi connectivity index (χ1) is 14.5. The Balaban J connectivity index is 1.74. The lowest BCUT2D eigenvalue weighted by Crippen LogP contribution is -2.09. The second-order valence-electron chi connectivity index (χ2n) is 6.77. The number of allylic oxidation sites excluding steroid dienone is 1. The van der Waals surface area contributed by atoms with Crippen molar-refractivity contribution in [1.29, 1.82) is 0 Å². The molecular weight excluding hydrogens is 382 g/mol. The second kappa shape index (κ2) is 9.60. The Morgan fingerprint density at radius 2 is 1.80 bits per heavy atom. The number of carbonyl (C=O) groups excluding carboxylic acids is 1. The van der Waals surface area contributed by atoms with Crippen LogP contribution in [0.5, 0.6) is 11.5 Å². The first-order valence-electron chi connectivity index (χ1n) is 9.43. The number of rotatable bonds is 9. The Morgan fingerprint density at radius 3 is 2.50 bits per heavy atom. The molecule has 0 amide bonds. The van der Waals surface area contributed by atoms with Gasteiger partial charge in [-0.25, -0.2) is 4.79 Å². The van der Waals surface area contributed by atoms with Gasteiger partial charge < -0.3 is 19.1 Å². The average Bonchev–Trinajstić information content (AvgIpc) is 3.20. The zero-order chi connectivity index (χ0) is 21.5. The smallest absolute Gasteiger partial charge is 0.341 e. The van der Waals surface area contributed by atoms with Gasteiger partial charge in [0.1, 0.15) is 11.5 Å². The molecule has 6 nitrogen and oxygen atoms in total. The molecular formula is C24H23NO5. The van der Waals surface area contributed by atoms with Gasteiger partial charge in [0.2, 0.25) is 5.78 Å². The molecule has 0 unspecified atom stereocenters. The molecule has 0 radical (unpaired) electrons. The summed E-state index contributed by atoms with van der Waals surface area (Å²) in [4.78, 5) is 23.5. The quantitative estimate of drug-likeness (QED) is 0.540. The van der Waals surface area contributed by atoms with Crippen molar-refractivity contribution in [2.24, 2.45) is 0 Å². The Bertz CT molecular complexity index is 1060.